The second-order valence-corrected chi connectivity index (χ2v) is 7.33. The molecule has 0 aromatic heterocycles. The molecule has 6 heteroatoms. The minimum Gasteiger partial charge on any atom is -0.468 e. The first-order valence-corrected chi connectivity index (χ1v) is 7.80. The molecule has 0 fully saturated rings. The molecular formula is C16H32N2O4. The fourth-order valence-corrected chi connectivity index (χ4v) is 2.00. The first kappa shape index (κ1) is 20.7. The lowest BCUT2D eigenvalue weighted by atomic mass is 10.0. The first-order chi connectivity index (χ1) is 9.96. The van der Waals surface area contributed by atoms with Gasteiger partial charge in [-0.2, -0.15) is 0 Å². The number of carbonyl (C=O) groups is 2. The summed E-state index contributed by atoms with van der Waals surface area (Å²) in [6.07, 6.45) is 0.0284. The van der Waals surface area contributed by atoms with Crippen LogP contribution in [0.5, 0.6) is 0 Å². The molecule has 1 N–H and O–H groups in total. The Hall–Kier alpha value is -1.30. The third-order valence-corrected chi connectivity index (χ3v) is 2.74. The number of esters is 1. The maximum absolute atomic E-state index is 12.1. The van der Waals surface area contributed by atoms with E-state index in [4.69, 9.17) is 9.47 Å². The van der Waals surface area contributed by atoms with Crippen molar-refractivity contribution in [3.05, 3.63) is 0 Å². The van der Waals surface area contributed by atoms with Crippen LogP contribution in [-0.4, -0.2) is 42.4 Å². The van der Waals surface area contributed by atoms with Crippen molar-refractivity contribution in [3.63, 3.8) is 0 Å². The Labute approximate surface area is 134 Å². The number of hydrogen-bond donors (Lipinski definition) is 1. The summed E-state index contributed by atoms with van der Waals surface area (Å²) in [5, 5.41) is 1.63. The monoisotopic (exact) mass is 316 g/mol. The zero-order valence-corrected chi connectivity index (χ0v) is 15.2. The molecule has 130 valence electrons. The summed E-state index contributed by atoms with van der Waals surface area (Å²) in [4.78, 5) is 24.1. The lowest BCUT2D eigenvalue weighted by Gasteiger charge is -2.33. The molecule has 0 bridgehead atoms. The number of ether oxygens (including phenoxy) is 2. The fraction of sp³-hybridized carbons (Fsp3) is 0.875. The third-order valence-electron chi connectivity index (χ3n) is 2.74. The van der Waals surface area contributed by atoms with Crippen molar-refractivity contribution in [1.29, 1.82) is 0 Å². The molecule has 1 amide bonds. The summed E-state index contributed by atoms with van der Waals surface area (Å²) >= 11 is 0. The number of carbonyl (C=O) groups excluding carboxylic acids is 2. The van der Waals surface area contributed by atoms with Crippen molar-refractivity contribution in [2.45, 2.75) is 66.5 Å². The van der Waals surface area contributed by atoms with Gasteiger partial charge in [-0.15, -0.1) is 0 Å². The number of amides is 1. The van der Waals surface area contributed by atoms with Gasteiger partial charge in [0.15, 0.2) is 0 Å². The molecule has 0 saturated carbocycles. The fourth-order valence-electron chi connectivity index (χ4n) is 2.00. The number of hydrazine groups is 1. The summed E-state index contributed by atoms with van der Waals surface area (Å²) in [6.45, 7) is 14.0. The van der Waals surface area contributed by atoms with Gasteiger partial charge in [0, 0.05) is 6.54 Å². The molecule has 0 aliphatic rings. The quantitative estimate of drug-likeness (QED) is 0.578. The predicted molar refractivity (Wildman–Crippen MR) is 86.2 cm³/mol. The van der Waals surface area contributed by atoms with Gasteiger partial charge < -0.3 is 9.47 Å². The van der Waals surface area contributed by atoms with Crippen LogP contribution in [0.3, 0.4) is 0 Å². The van der Waals surface area contributed by atoms with E-state index in [1.54, 1.807) is 25.8 Å². The van der Waals surface area contributed by atoms with Gasteiger partial charge in [0.25, 0.3) is 0 Å². The van der Waals surface area contributed by atoms with Crippen LogP contribution in [0, 0.1) is 11.8 Å². The highest BCUT2D eigenvalue weighted by molar-refractivity contribution is 5.76. The van der Waals surface area contributed by atoms with Crippen LogP contribution in [0.25, 0.3) is 0 Å². The van der Waals surface area contributed by atoms with Gasteiger partial charge >= 0.3 is 12.1 Å². The van der Waals surface area contributed by atoms with Gasteiger partial charge in [0.1, 0.15) is 11.6 Å². The number of nitrogens with one attached hydrogen (secondary N) is 1. The Morgan fingerprint density at radius 1 is 1.09 bits per heavy atom. The number of rotatable bonds is 7. The molecule has 0 heterocycles. The molecular weight excluding hydrogens is 284 g/mol. The number of methoxy groups -OCH3 is 1. The van der Waals surface area contributed by atoms with E-state index in [0.29, 0.717) is 18.9 Å². The van der Waals surface area contributed by atoms with Gasteiger partial charge in [-0.3, -0.25) is 10.2 Å². The second kappa shape index (κ2) is 8.98. The van der Waals surface area contributed by atoms with E-state index in [1.807, 2.05) is 27.7 Å². The summed E-state index contributed by atoms with van der Waals surface area (Å²) in [6, 6.07) is -0.528. The van der Waals surface area contributed by atoms with Crippen LogP contribution in [0.15, 0.2) is 0 Å². The molecule has 1 atom stereocenters. The van der Waals surface area contributed by atoms with Gasteiger partial charge in [-0.05, 0) is 39.0 Å². The van der Waals surface area contributed by atoms with Crippen LogP contribution in [0.4, 0.5) is 4.79 Å². The summed E-state index contributed by atoms with van der Waals surface area (Å²) in [5.41, 5.74) is 2.11. The molecule has 0 saturated heterocycles. The van der Waals surface area contributed by atoms with Crippen LogP contribution in [0.2, 0.25) is 0 Å². The smallest absolute Gasteiger partial charge is 0.422 e. The Morgan fingerprint density at radius 2 is 1.64 bits per heavy atom. The third kappa shape index (κ3) is 8.87. The van der Waals surface area contributed by atoms with Crippen LogP contribution >= 0.6 is 0 Å². The van der Waals surface area contributed by atoms with Crippen molar-refractivity contribution >= 4 is 12.1 Å². The first-order valence-electron chi connectivity index (χ1n) is 7.80. The Bertz CT molecular complexity index is 362. The maximum atomic E-state index is 12.1. The molecule has 6 nitrogen and oxygen atoms in total. The second-order valence-electron chi connectivity index (χ2n) is 7.33. The summed E-state index contributed by atoms with van der Waals surface area (Å²) < 4.78 is 10.2. The molecule has 0 aliphatic heterocycles. The average molecular weight is 316 g/mol. The summed E-state index contributed by atoms with van der Waals surface area (Å²) in [7, 11) is 1.36. The van der Waals surface area contributed by atoms with Crippen LogP contribution < -0.4 is 5.43 Å². The van der Waals surface area contributed by atoms with Crippen LogP contribution in [0.1, 0.15) is 54.9 Å². The Morgan fingerprint density at radius 3 is 2.00 bits per heavy atom. The van der Waals surface area contributed by atoms with E-state index < -0.39 is 17.7 Å². The van der Waals surface area contributed by atoms with Crippen molar-refractivity contribution in [2.24, 2.45) is 11.8 Å². The zero-order valence-electron chi connectivity index (χ0n) is 15.2. The highest BCUT2D eigenvalue weighted by Gasteiger charge is 2.30. The van der Waals surface area contributed by atoms with E-state index in [9.17, 15) is 9.59 Å². The lowest BCUT2D eigenvalue weighted by Crippen LogP contribution is -2.54. The average Bonchev–Trinajstić information content (AvgIpc) is 2.31. The number of hydrogen-bond acceptors (Lipinski definition) is 5. The minimum absolute atomic E-state index is 0.272. The predicted octanol–water partition coefficient (Wildman–Crippen LogP) is 2.97. The normalized spacial score (nSPS) is 13.4. The topological polar surface area (TPSA) is 67.9 Å². The molecule has 0 radical (unpaired) electrons. The van der Waals surface area contributed by atoms with Crippen molar-refractivity contribution in [2.75, 3.05) is 13.7 Å². The highest BCUT2D eigenvalue weighted by Crippen LogP contribution is 2.14. The number of nitrogens with zero attached hydrogens (tertiary/aromatic N) is 1. The van der Waals surface area contributed by atoms with Gasteiger partial charge in [-0.25, -0.2) is 9.80 Å². The molecule has 0 spiro atoms. The van der Waals surface area contributed by atoms with E-state index in [1.165, 1.54) is 7.11 Å². The molecule has 0 rings (SSSR count). The molecule has 0 unspecified atom stereocenters. The van der Waals surface area contributed by atoms with Gasteiger partial charge in [0.05, 0.1) is 7.11 Å². The highest BCUT2D eigenvalue weighted by atomic mass is 16.6. The van der Waals surface area contributed by atoms with E-state index in [0.717, 1.165) is 0 Å². The van der Waals surface area contributed by atoms with E-state index in [2.05, 4.69) is 5.43 Å². The largest absolute Gasteiger partial charge is 0.468 e. The SMILES string of the molecule is COC(=O)[C@@H](CC(C)C)N(CC(C)C)NC(=O)OC(C)(C)C. The lowest BCUT2D eigenvalue weighted by molar-refractivity contribution is -0.149. The van der Waals surface area contributed by atoms with Crippen molar-refractivity contribution < 1.29 is 19.1 Å². The minimum atomic E-state index is -0.591. The standard InChI is InChI=1S/C16H32N2O4/c1-11(2)9-13(14(19)21-8)18(10-12(3)4)17-15(20)22-16(5,6)7/h11-13H,9-10H2,1-8H3,(H,17,20)/t13-/m1/s1. The van der Waals surface area contributed by atoms with E-state index in [-0.39, 0.29) is 11.9 Å². The Kier molecular flexibility index (Phi) is 8.45. The van der Waals surface area contributed by atoms with E-state index >= 15 is 0 Å². The maximum Gasteiger partial charge on any atom is 0.422 e. The zero-order chi connectivity index (χ0) is 17.5. The summed E-state index contributed by atoms with van der Waals surface area (Å²) in [5.74, 6) is 0.207. The molecule has 0 aromatic carbocycles. The molecule has 22 heavy (non-hydrogen) atoms. The van der Waals surface area contributed by atoms with Crippen LogP contribution in [-0.2, 0) is 14.3 Å². The van der Waals surface area contributed by atoms with Gasteiger partial charge in [-0.1, -0.05) is 27.7 Å². The van der Waals surface area contributed by atoms with Gasteiger partial charge in [0.2, 0.25) is 0 Å². The molecule has 0 aliphatic carbocycles. The van der Waals surface area contributed by atoms with Crippen molar-refractivity contribution in [1.82, 2.24) is 10.4 Å². The van der Waals surface area contributed by atoms with Crippen molar-refractivity contribution in [3.8, 4) is 0 Å². The molecule has 0 aromatic rings. The Balaban J connectivity index is 5.11.